The Labute approximate surface area is 452 Å². The van der Waals surface area contributed by atoms with Gasteiger partial charge in [-0.2, -0.15) is 0 Å². The summed E-state index contributed by atoms with van der Waals surface area (Å²) in [5.74, 6) is -1.47. The first kappa shape index (κ1) is 60.6. The van der Waals surface area contributed by atoms with Gasteiger partial charge in [0.15, 0.2) is 0 Å². The summed E-state index contributed by atoms with van der Waals surface area (Å²) in [6, 6.07) is 36.9. The van der Waals surface area contributed by atoms with Crippen LogP contribution in [-0.4, -0.2) is 112 Å². The molecule has 1 saturated heterocycles. The van der Waals surface area contributed by atoms with Crippen molar-refractivity contribution in [3.63, 3.8) is 0 Å². The Balaban J connectivity index is 1.20. The molecule has 5 rings (SSSR count). The molecule has 0 unspecified atom stereocenters. The number of carbonyl (C=O) groups is 6. The number of ether oxygens (including phenoxy) is 4. The van der Waals surface area contributed by atoms with E-state index in [1.54, 1.807) is 41.5 Å². The van der Waals surface area contributed by atoms with Gasteiger partial charge in [0, 0.05) is 62.4 Å². The normalized spacial score (nSPS) is 15.7. The van der Waals surface area contributed by atoms with E-state index in [0.717, 1.165) is 47.6 Å². The minimum atomic E-state index is -0.783. The van der Waals surface area contributed by atoms with Crippen LogP contribution in [-0.2, 0) is 51.0 Å². The van der Waals surface area contributed by atoms with Crippen LogP contribution >= 0.6 is 15.8 Å². The number of alkyl carbamates (subject to hydrolysis) is 2. The number of aryl methyl sites for hydroxylation is 2. The number of methoxy groups -OCH3 is 2. The molecule has 76 heavy (non-hydrogen) atoms. The highest BCUT2D eigenvalue weighted by Crippen LogP contribution is 2.48. The first-order valence-electron chi connectivity index (χ1n) is 26.2. The third-order valence-corrected chi connectivity index (χ3v) is 17.1. The molecule has 0 saturated carbocycles. The number of nitrogens with one attached hydrogen (secondary N) is 4. The van der Waals surface area contributed by atoms with Gasteiger partial charge in [-0.15, -0.1) is 0 Å². The molecule has 1 aliphatic rings. The lowest BCUT2D eigenvalue weighted by atomic mass is 10.1. The second-order valence-corrected chi connectivity index (χ2v) is 25.2. The molecule has 0 aliphatic carbocycles. The van der Waals surface area contributed by atoms with Crippen LogP contribution < -0.4 is 41.7 Å². The number of esters is 2. The zero-order valence-electron chi connectivity index (χ0n) is 45.7. The molecule has 1 fully saturated rings. The lowest BCUT2D eigenvalue weighted by Gasteiger charge is -2.41. The van der Waals surface area contributed by atoms with Gasteiger partial charge in [-0.3, -0.25) is 9.59 Å². The second kappa shape index (κ2) is 30.5. The van der Waals surface area contributed by atoms with Crippen LogP contribution in [0.5, 0.6) is 0 Å². The summed E-state index contributed by atoms with van der Waals surface area (Å²) in [6.45, 7) is 11.6. The first-order chi connectivity index (χ1) is 36.3. The van der Waals surface area contributed by atoms with Crippen LogP contribution in [0.2, 0.25) is 0 Å². The van der Waals surface area contributed by atoms with Crippen LogP contribution in [0.25, 0.3) is 0 Å². The Morgan fingerprint density at radius 2 is 0.842 bits per heavy atom. The van der Waals surface area contributed by atoms with Gasteiger partial charge in [0.1, 0.15) is 23.3 Å². The topological polar surface area (TPSA) is 194 Å². The molecule has 412 valence electrons. The molecule has 16 nitrogen and oxygen atoms in total. The van der Waals surface area contributed by atoms with E-state index in [1.807, 2.05) is 0 Å². The first-order valence-corrected chi connectivity index (χ1v) is 29.7. The quantitative estimate of drug-likeness (QED) is 0.0226. The van der Waals surface area contributed by atoms with Crippen LogP contribution in [0.15, 0.2) is 109 Å². The largest absolute Gasteiger partial charge is 0.467 e. The van der Waals surface area contributed by atoms with E-state index in [1.165, 1.54) is 24.8 Å². The van der Waals surface area contributed by atoms with Crippen molar-refractivity contribution < 1.29 is 47.7 Å². The third-order valence-electron chi connectivity index (χ3n) is 12.3. The SMILES string of the molecule is COC(=O)[C@H](CCCCNC(=O)OC(C)(C)C)NC(=O)CCc1ccc(N2CP(c3ccccc3)CN(c3ccc(CCC(=O)N[C@@H](CCCCNC(=O)OC(C)(C)C)C(=O)OC)cc3)CP(c3ccccc3)C2)cc1. The molecule has 1 heterocycles. The van der Waals surface area contributed by atoms with Crippen molar-refractivity contribution in [2.75, 3.05) is 62.3 Å². The van der Waals surface area contributed by atoms with Crippen molar-refractivity contribution in [2.45, 2.75) is 129 Å². The smallest absolute Gasteiger partial charge is 0.407 e. The molecular weight excluding hydrogens is 1000 g/mol. The van der Waals surface area contributed by atoms with Crippen molar-refractivity contribution in [2.24, 2.45) is 0 Å². The standard InChI is InChI=1S/C58H80N6O10P2/c1-57(2,3)73-55(69)59-37-17-15-23-49(53(67)71-7)61-51(65)35-29-43-25-31-45(32-26-43)63-39-75(47-19-11-9-12-20-47)41-64(42-76(40-63)48-21-13-10-14-22-48)46-33-27-44(28-34-46)30-36-52(66)62-50(54(68)72-8)24-16-18-38-60-56(70)74-58(4,5)6/h9-14,19-22,25-28,31-34,49-50H,15-18,23-24,29-30,35-42H2,1-8H3,(H,59,69)(H,60,70)(H,61,65)(H,62,66)/t49-,50-,75?,76?/m0/s1. The predicted octanol–water partition coefficient (Wildman–Crippen LogP) is 9.03. The maximum atomic E-state index is 13.2. The van der Waals surface area contributed by atoms with Crippen LogP contribution in [0.4, 0.5) is 21.0 Å². The summed E-state index contributed by atoms with van der Waals surface area (Å²) in [7, 11) is 1.22. The van der Waals surface area contributed by atoms with E-state index in [-0.39, 0.29) is 24.7 Å². The molecule has 4 N–H and O–H groups in total. The average molecular weight is 1080 g/mol. The average Bonchev–Trinajstić information content (AvgIpc) is 3.38. The van der Waals surface area contributed by atoms with Gasteiger partial charge in [-0.25, -0.2) is 19.2 Å². The number of unbranched alkanes of at least 4 members (excludes halogenated alkanes) is 2. The second-order valence-electron chi connectivity index (χ2n) is 20.9. The highest BCUT2D eigenvalue weighted by atomic mass is 31.1. The van der Waals surface area contributed by atoms with E-state index >= 15 is 0 Å². The van der Waals surface area contributed by atoms with Gasteiger partial charge in [-0.1, -0.05) is 84.9 Å². The van der Waals surface area contributed by atoms with Crippen molar-refractivity contribution in [3.05, 3.63) is 120 Å². The maximum absolute atomic E-state index is 13.2. The monoisotopic (exact) mass is 1080 g/mol. The van der Waals surface area contributed by atoms with Gasteiger partial charge in [0.25, 0.3) is 0 Å². The third kappa shape index (κ3) is 21.8. The highest BCUT2D eigenvalue weighted by Gasteiger charge is 2.29. The maximum Gasteiger partial charge on any atom is 0.407 e. The van der Waals surface area contributed by atoms with E-state index in [2.05, 4.69) is 140 Å². The van der Waals surface area contributed by atoms with Crippen LogP contribution in [0, 0.1) is 0 Å². The molecular formula is C58H80N6O10P2. The number of amides is 4. The zero-order chi connectivity index (χ0) is 55.1. The Bertz CT molecular complexity index is 2270. The highest BCUT2D eigenvalue weighted by molar-refractivity contribution is 7.67. The number of rotatable bonds is 24. The minimum absolute atomic E-state index is 0.208. The van der Waals surface area contributed by atoms with E-state index in [4.69, 9.17) is 18.9 Å². The molecule has 4 amide bonds. The van der Waals surface area contributed by atoms with Gasteiger partial charge < -0.3 is 50.0 Å². The van der Waals surface area contributed by atoms with E-state index in [9.17, 15) is 28.8 Å². The number of carbonyl (C=O) groups excluding carboxylic acids is 6. The summed E-state index contributed by atoms with van der Waals surface area (Å²) >= 11 is 0. The van der Waals surface area contributed by atoms with Crippen molar-refractivity contribution in [1.82, 2.24) is 21.3 Å². The van der Waals surface area contributed by atoms with Crippen LogP contribution in [0.1, 0.15) is 104 Å². The van der Waals surface area contributed by atoms with E-state index < -0.39 is 63.3 Å². The number of nitrogens with zero attached hydrogens (tertiary/aromatic N) is 2. The van der Waals surface area contributed by atoms with Gasteiger partial charge in [0.2, 0.25) is 11.8 Å². The lowest BCUT2D eigenvalue weighted by Crippen LogP contribution is -2.41. The summed E-state index contributed by atoms with van der Waals surface area (Å²) < 4.78 is 20.5. The molecule has 1 aliphatic heterocycles. The van der Waals surface area contributed by atoms with Gasteiger partial charge in [0.05, 0.1) is 14.2 Å². The summed E-state index contributed by atoms with van der Waals surface area (Å²) in [6.07, 6.45) is 6.98. The van der Waals surface area contributed by atoms with Crippen molar-refractivity contribution in [1.29, 1.82) is 0 Å². The fourth-order valence-corrected chi connectivity index (χ4v) is 13.5. The molecule has 2 atom stereocenters. The Morgan fingerprint density at radius 3 is 1.16 bits per heavy atom. The van der Waals surface area contributed by atoms with Crippen molar-refractivity contribution in [3.8, 4) is 0 Å². The molecule has 4 aromatic carbocycles. The van der Waals surface area contributed by atoms with Gasteiger partial charge >= 0.3 is 24.1 Å². The molecule has 0 radical (unpaired) electrons. The summed E-state index contributed by atoms with van der Waals surface area (Å²) in [4.78, 5) is 80.6. The molecule has 0 bridgehead atoms. The predicted molar refractivity (Wildman–Crippen MR) is 304 cm³/mol. The Kier molecular flexibility index (Phi) is 24.3. The molecule has 4 aromatic rings. The van der Waals surface area contributed by atoms with Gasteiger partial charge in [-0.05, 0) is 155 Å². The Morgan fingerprint density at radius 1 is 0.500 bits per heavy atom. The number of benzene rings is 4. The fourth-order valence-electron chi connectivity index (χ4n) is 8.47. The lowest BCUT2D eigenvalue weighted by molar-refractivity contribution is -0.145. The van der Waals surface area contributed by atoms with Crippen LogP contribution in [0.3, 0.4) is 0 Å². The zero-order valence-corrected chi connectivity index (χ0v) is 47.5. The molecule has 0 spiro atoms. The number of hydrogen-bond acceptors (Lipinski definition) is 12. The van der Waals surface area contributed by atoms with Crippen molar-refractivity contribution >= 4 is 73.8 Å². The Hall–Kier alpha value is -6.24. The number of anilines is 2. The fraction of sp³-hybridized carbons (Fsp3) is 0.483. The summed E-state index contributed by atoms with van der Waals surface area (Å²) in [5, 5.41) is 13.8. The molecule has 0 aromatic heterocycles. The molecule has 18 heteroatoms. The minimum Gasteiger partial charge on any atom is -0.467 e. The number of hydrogen-bond donors (Lipinski definition) is 4. The summed E-state index contributed by atoms with van der Waals surface area (Å²) in [5.41, 5.74) is 3.10. The van der Waals surface area contributed by atoms with E-state index in [0.29, 0.717) is 64.5 Å².